The average molecular weight is 422 g/mol. The summed E-state index contributed by atoms with van der Waals surface area (Å²) >= 11 is 0. The van der Waals surface area contributed by atoms with E-state index < -0.39 is 0 Å². The van der Waals surface area contributed by atoms with Crippen LogP contribution in [-0.2, 0) is 12.0 Å². The molecule has 0 saturated carbocycles. The first kappa shape index (κ1) is 22.9. The Labute approximate surface area is 186 Å². The maximum Gasteiger partial charge on any atom is 0.251 e. The van der Waals surface area contributed by atoms with Gasteiger partial charge in [-0.2, -0.15) is 0 Å². The molecule has 166 valence electrons. The summed E-state index contributed by atoms with van der Waals surface area (Å²) in [6, 6.07) is 13.6. The van der Waals surface area contributed by atoms with Crippen LogP contribution in [0.4, 0.5) is 0 Å². The number of benzene rings is 2. The van der Waals surface area contributed by atoms with Crippen LogP contribution >= 0.6 is 0 Å². The molecule has 1 aliphatic rings. The number of carbonyl (C=O) groups excluding carboxylic acids is 1. The van der Waals surface area contributed by atoms with Crippen LogP contribution in [0.5, 0.6) is 11.5 Å². The molecule has 1 amide bonds. The maximum absolute atomic E-state index is 12.7. The molecule has 4 heteroatoms. The van der Waals surface area contributed by atoms with Crippen LogP contribution in [0.15, 0.2) is 54.1 Å². The van der Waals surface area contributed by atoms with E-state index in [4.69, 9.17) is 9.47 Å². The summed E-state index contributed by atoms with van der Waals surface area (Å²) < 4.78 is 11.7. The Hall–Kier alpha value is -2.75. The topological polar surface area (TPSA) is 47.6 Å². The van der Waals surface area contributed by atoms with Gasteiger partial charge in [-0.05, 0) is 67.3 Å². The second-order valence-electron chi connectivity index (χ2n) is 9.18. The van der Waals surface area contributed by atoms with Crippen molar-refractivity contribution in [1.29, 1.82) is 0 Å². The summed E-state index contributed by atoms with van der Waals surface area (Å²) in [6.07, 6.45) is 8.14. The van der Waals surface area contributed by atoms with E-state index in [-0.39, 0.29) is 11.3 Å². The van der Waals surface area contributed by atoms with Crippen LogP contribution in [0, 0.1) is 0 Å². The normalized spacial score (nSPS) is 14.0. The van der Waals surface area contributed by atoms with Gasteiger partial charge in [0.05, 0.1) is 7.11 Å². The highest BCUT2D eigenvalue weighted by molar-refractivity contribution is 5.94. The number of hydrogen-bond acceptors (Lipinski definition) is 3. The molecule has 3 rings (SSSR count). The van der Waals surface area contributed by atoms with Gasteiger partial charge in [0.2, 0.25) is 0 Å². The zero-order valence-electron chi connectivity index (χ0n) is 19.3. The molecule has 0 spiro atoms. The molecule has 2 aromatic carbocycles. The molecule has 1 aliphatic carbocycles. The van der Waals surface area contributed by atoms with E-state index in [0.29, 0.717) is 18.7 Å². The third-order valence-corrected chi connectivity index (χ3v) is 5.74. The number of nitrogens with one attached hydrogen (secondary N) is 1. The van der Waals surface area contributed by atoms with E-state index in [0.717, 1.165) is 35.5 Å². The summed E-state index contributed by atoms with van der Waals surface area (Å²) in [5.74, 6) is 1.51. The van der Waals surface area contributed by atoms with Gasteiger partial charge in [0.25, 0.3) is 5.91 Å². The van der Waals surface area contributed by atoms with Crippen LogP contribution in [0.1, 0.15) is 74.4 Å². The first-order chi connectivity index (χ1) is 14.9. The quantitative estimate of drug-likeness (QED) is 0.517. The molecule has 0 aromatic heterocycles. The number of allylic oxidation sites excluding steroid dienone is 1. The number of para-hydroxylation sites is 1. The van der Waals surface area contributed by atoms with Crippen molar-refractivity contribution in [3.63, 3.8) is 0 Å². The zero-order valence-corrected chi connectivity index (χ0v) is 19.3. The lowest BCUT2D eigenvalue weighted by molar-refractivity contribution is 0.0954. The minimum atomic E-state index is -0.0598. The minimum absolute atomic E-state index is 0.0177. The Morgan fingerprint density at radius 3 is 2.58 bits per heavy atom. The van der Waals surface area contributed by atoms with Gasteiger partial charge in [0.15, 0.2) is 0 Å². The fourth-order valence-electron chi connectivity index (χ4n) is 3.97. The Bertz CT molecular complexity index is 924. The van der Waals surface area contributed by atoms with E-state index in [2.05, 4.69) is 38.2 Å². The highest BCUT2D eigenvalue weighted by Crippen LogP contribution is 2.32. The lowest BCUT2D eigenvalue weighted by Gasteiger charge is -2.23. The van der Waals surface area contributed by atoms with E-state index >= 15 is 0 Å². The molecule has 4 nitrogen and oxygen atoms in total. The van der Waals surface area contributed by atoms with Gasteiger partial charge < -0.3 is 14.8 Å². The zero-order chi connectivity index (χ0) is 22.3. The van der Waals surface area contributed by atoms with Crippen molar-refractivity contribution in [3.8, 4) is 11.5 Å². The third kappa shape index (κ3) is 6.36. The minimum Gasteiger partial charge on any atom is -0.496 e. The molecule has 31 heavy (non-hydrogen) atoms. The van der Waals surface area contributed by atoms with Crippen LogP contribution in [0.25, 0.3) is 0 Å². The van der Waals surface area contributed by atoms with Crippen molar-refractivity contribution >= 4 is 5.91 Å². The summed E-state index contributed by atoms with van der Waals surface area (Å²) in [7, 11) is 1.64. The van der Waals surface area contributed by atoms with Gasteiger partial charge in [-0.1, -0.05) is 50.6 Å². The van der Waals surface area contributed by atoms with Gasteiger partial charge in [-0.15, -0.1) is 0 Å². The molecule has 0 saturated heterocycles. The number of ether oxygens (including phenoxy) is 2. The van der Waals surface area contributed by atoms with Crippen molar-refractivity contribution in [2.24, 2.45) is 0 Å². The smallest absolute Gasteiger partial charge is 0.251 e. The molecule has 0 aliphatic heterocycles. The lowest BCUT2D eigenvalue weighted by atomic mass is 9.86. The summed E-state index contributed by atoms with van der Waals surface area (Å²) in [5, 5.41) is 3.05. The summed E-state index contributed by atoms with van der Waals surface area (Å²) in [6.45, 7) is 7.52. The Balaban J connectivity index is 1.66. The van der Waals surface area contributed by atoms with Gasteiger partial charge in [-0.25, -0.2) is 0 Å². The summed E-state index contributed by atoms with van der Waals surface area (Å²) in [5.41, 5.74) is 4.08. The Kier molecular flexibility index (Phi) is 7.78. The molecule has 0 heterocycles. The van der Waals surface area contributed by atoms with E-state index in [9.17, 15) is 4.79 Å². The predicted octanol–water partition coefficient (Wildman–Crippen LogP) is 6.19. The first-order valence-electron chi connectivity index (χ1n) is 11.2. The fourth-order valence-corrected chi connectivity index (χ4v) is 3.97. The molecule has 1 N–H and O–H groups in total. The van der Waals surface area contributed by atoms with Crippen molar-refractivity contribution < 1.29 is 14.3 Å². The SMILES string of the molecule is COc1ccc(C(=O)NCCC2=CCCCC2)cc1COc1ccccc1C(C)(C)C. The Morgan fingerprint density at radius 1 is 1.06 bits per heavy atom. The highest BCUT2D eigenvalue weighted by Gasteiger charge is 2.19. The molecule has 0 bridgehead atoms. The van der Waals surface area contributed by atoms with Crippen molar-refractivity contribution in [3.05, 3.63) is 70.8 Å². The van der Waals surface area contributed by atoms with Crippen molar-refractivity contribution in [2.75, 3.05) is 13.7 Å². The largest absolute Gasteiger partial charge is 0.496 e. The molecule has 0 radical (unpaired) electrons. The number of hydrogen-bond donors (Lipinski definition) is 1. The van der Waals surface area contributed by atoms with Crippen molar-refractivity contribution in [2.45, 2.75) is 64.9 Å². The molecule has 0 atom stereocenters. The van der Waals surface area contributed by atoms with Gasteiger partial charge >= 0.3 is 0 Å². The van der Waals surface area contributed by atoms with Crippen molar-refractivity contribution in [1.82, 2.24) is 5.32 Å². The van der Waals surface area contributed by atoms with Gasteiger partial charge in [0.1, 0.15) is 18.1 Å². The molecule has 2 aromatic rings. The molecule has 0 fully saturated rings. The summed E-state index contributed by atoms with van der Waals surface area (Å²) in [4.78, 5) is 12.7. The van der Waals surface area contributed by atoms with Crippen LogP contribution in [0.2, 0.25) is 0 Å². The molecular formula is C27H35NO3. The lowest BCUT2D eigenvalue weighted by Crippen LogP contribution is -2.25. The van der Waals surface area contributed by atoms with E-state index in [1.165, 1.54) is 24.8 Å². The molecular weight excluding hydrogens is 386 g/mol. The average Bonchev–Trinajstić information content (AvgIpc) is 2.77. The molecule has 0 unspecified atom stereocenters. The third-order valence-electron chi connectivity index (χ3n) is 5.74. The second-order valence-corrected chi connectivity index (χ2v) is 9.18. The standard InChI is InChI=1S/C27H35NO3/c1-27(2,3)23-12-8-9-13-25(23)31-19-22-18-21(14-15-24(22)30-4)26(29)28-17-16-20-10-6-5-7-11-20/h8-10,12-15,18H,5-7,11,16-17,19H2,1-4H3,(H,28,29). The van der Waals surface area contributed by atoms with E-state index in [1.807, 2.05) is 30.3 Å². The number of amides is 1. The predicted molar refractivity (Wildman–Crippen MR) is 126 cm³/mol. The van der Waals surface area contributed by atoms with Crippen LogP contribution < -0.4 is 14.8 Å². The second kappa shape index (κ2) is 10.5. The van der Waals surface area contributed by atoms with Crippen LogP contribution in [0.3, 0.4) is 0 Å². The number of methoxy groups -OCH3 is 1. The fraction of sp³-hybridized carbons (Fsp3) is 0.444. The Morgan fingerprint density at radius 2 is 1.87 bits per heavy atom. The first-order valence-corrected chi connectivity index (χ1v) is 11.2. The van der Waals surface area contributed by atoms with Crippen LogP contribution in [-0.4, -0.2) is 19.6 Å². The van der Waals surface area contributed by atoms with Gasteiger partial charge in [0, 0.05) is 17.7 Å². The maximum atomic E-state index is 12.7. The number of carbonyl (C=O) groups is 1. The number of rotatable bonds is 8. The van der Waals surface area contributed by atoms with Gasteiger partial charge in [-0.3, -0.25) is 4.79 Å². The monoisotopic (exact) mass is 421 g/mol. The highest BCUT2D eigenvalue weighted by atomic mass is 16.5. The van der Waals surface area contributed by atoms with E-state index in [1.54, 1.807) is 13.2 Å².